The fourth-order valence-electron chi connectivity index (χ4n) is 1.71. The maximum atomic E-state index is 11.9. The van der Waals surface area contributed by atoms with Gasteiger partial charge < -0.3 is 9.47 Å². The SMILES string of the molecule is CS(=O)(=O)CC(=O)c1cc2c(cc1Br)OCCCO2. The molecular formula is C12H13BrO5S. The minimum atomic E-state index is -3.36. The Morgan fingerprint density at radius 3 is 2.42 bits per heavy atom. The van der Waals surface area contributed by atoms with E-state index in [-0.39, 0.29) is 5.56 Å². The summed E-state index contributed by atoms with van der Waals surface area (Å²) in [6, 6.07) is 3.16. The molecule has 0 aliphatic carbocycles. The Balaban J connectivity index is 2.36. The average Bonchev–Trinajstić information content (AvgIpc) is 2.50. The van der Waals surface area contributed by atoms with Crippen LogP contribution in [0.15, 0.2) is 16.6 Å². The summed E-state index contributed by atoms with van der Waals surface area (Å²) in [6.45, 7) is 1.06. The number of fused-ring (bicyclic) bond motifs is 1. The van der Waals surface area contributed by atoms with E-state index < -0.39 is 21.4 Å². The molecule has 0 radical (unpaired) electrons. The van der Waals surface area contributed by atoms with Gasteiger partial charge in [0.1, 0.15) is 5.75 Å². The number of sulfone groups is 1. The molecule has 0 bridgehead atoms. The molecule has 0 fully saturated rings. The third kappa shape index (κ3) is 3.70. The highest BCUT2D eigenvalue weighted by atomic mass is 79.9. The van der Waals surface area contributed by atoms with E-state index in [1.54, 1.807) is 6.07 Å². The first-order chi connectivity index (χ1) is 8.87. The molecule has 1 aliphatic rings. The van der Waals surface area contributed by atoms with Crippen molar-refractivity contribution in [3.63, 3.8) is 0 Å². The van der Waals surface area contributed by atoms with E-state index in [0.717, 1.165) is 12.7 Å². The zero-order chi connectivity index (χ0) is 14.0. The highest BCUT2D eigenvalue weighted by molar-refractivity contribution is 9.10. The smallest absolute Gasteiger partial charge is 0.179 e. The van der Waals surface area contributed by atoms with Crippen molar-refractivity contribution >= 4 is 31.6 Å². The Labute approximate surface area is 119 Å². The molecule has 7 heteroatoms. The van der Waals surface area contributed by atoms with Gasteiger partial charge in [-0.2, -0.15) is 0 Å². The summed E-state index contributed by atoms with van der Waals surface area (Å²) >= 11 is 3.26. The van der Waals surface area contributed by atoms with Crippen LogP contribution >= 0.6 is 15.9 Å². The number of ketones is 1. The molecule has 5 nitrogen and oxygen atoms in total. The first-order valence-electron chi connectivity index (χ1n) is 5.67. The van der Waals surface area contributed by atoms with Crippen LogP contribution in [0.4, 0.5) is 0 Å². The first kappa shape index (κ1) is 14.3. The van der Waals surface area contributed by atoms with E-state index in [9.17, 15) is 13.2 Å². The topological polar surface area (TPSA) is 69.7 Å². The second-order valence-corrected chi connectivity index (χ2v) is 7.32. The van der Waals surface area contributed by atoms with E-state index in [1.807, 2.05) is 0 Å². The van der Waals surface area contributed by atoms with Crippen LogP contribution in [0.25, 0.3) is 0 Å². The lowest BCUT2D eigenvalue weighted by Crippen LogP contribution is -2.15. The molecule has 0 aromatic heterocycles. The molecule has 0 atom stereocenters. The van der Waals surface area contributed by atoms with Crippen LogP contribution in [0, 0.1) is 0 Å². The summed E-state index contributed by atoms with van der Waals surface area (Å²) in [6.07, 6.45) is 1.79. The number of benzene rings is 1. The molecule has 1 heterocycles. The molecule has 0 saturated heterocycles. The van der Waals surface area contributed by atoms with Crippen molar-refractivity contribution in [2.24, 2.45) is 0 Å². The van der Waals surface area contributed by atoms with Crippen molar-refractivity contribution in [1.82, 2.24) is 0 Å². The number of rotatable bonds is 3. The second-order valence-electron chi connectivity index (χ2n) is 4.32. The van der Waals surface area contributed by atoms with E-state index in [0.29, 0.717) is 29.2 Å². The van der Waals surface area contributed by atoms with Crippen LogP contribution in [-0.2, 0) is 9.84 Å². The number of hydrogen-bond donors (Lipinski definition) is 0. The quantitative estimate of drug-likeness (QED) is 0.779. The monoisotopic (exact) mass is 348 g/mol. The van der Waals surface area contributed by atoms with Gasteiger partial charge in [-0.15, -0.1) is 0 Å². The third-order valence-electron chi connectivity index (χ3n) is 2.53. The van der Waals surface area contributed by atoms with Gasteiger partial charge in [0.05, 0.1) is 13.2 Å². The maximum Gasteiger partial charge on any atom is 0.179 e. The van der Waals surface area contributed by atoms with Crippen LogP contribution in [0.3, 0.4) is 0 Å². The second kappa shape index (κ2) is 5.50. The molecule has 19 heavy (non-hydrogen) atoms. The fraction of sp³-hybridized carbons (Fsp3) is 0.417. The molecule has 104 valence electrons. The van der Waals surface area contributed by atoms with Crippen LogP contribution < -0.4 is 9.47 Å². The predicted molar refractivity (Wildman–Crippen MR) is 73.8 cm³/mol. The van der Waals surface area contributed by atoms with Gasteiger partial charge in [0.25, 0.3) is 0 Å². The summed E-state index contributed by atoms with van der Waals surface area (Å²) in [5, 5.41) is 0. The molecule has 1 aromatic rings. The van der Waals surface area contributed by atoms with Gasteiger partial charge in [0.2, 0.25) is 0 Å². The van der Waals surface area contributed by atoms with Gasteiger partial charge >= 0.3 is 0 Å². The number of hydrogen-bond acceptors (Lipinski definition) is 5. The number of halogens is 1. The predicted octanol–water partition coefficient (Wildman–Crippen LogP) is 1.84. The van der Waals surface area contributed by atoms with E-state index >= 15 is 0 Å². The Morgan fingerprint density at radius 1 is 1.26 bits per heavy atom. The van der Waals surface area contributed by atoms with E-state index in [1.165, 1.54) is 6.07 Å². The van der Waals surface area contributed by atoms with Crippen molar-refractivity contribution in [2.45, 2.75) is 6.42 Å². The minimum absolute atomic E-state index is 0.287. The van der Waals surface area contributed by atoms with Gasteiger partial charge in [-0.25, -0.2) is 8.42 Å². The lowest BCUT2D eigenvalue weighted by atomic mass is 10.1. The summed E-state index contributed by atoms with van der Waals surface area (Å²) in [7, 11) is -3.36. The normalized spacial score (nSPS) is 14.8. The molecule has 1 aromatic carbocycles. The Hall–Kier alpha value is -1.08. The van der Waals surface area contributed by atoms with Crippen LogP contribution in [0.1, 0.15) is 16.8 Å². The Kier molecular flexibility index (Phi) is 4.15. The van der Waals surface area contributed by atoms with Crippen molar-refractivity contribution < 1.29 is 22.7 Å². The van der Waals surface area contributed by atoms with Crippen LogP contribution in [0.5, 0.6) is 11.5 Å². The van der Waals surface area contributed by atoms with E-state index in [2.05, 4.69) is 15.9 Å². The molecule has 0 N–H and O–H groups in total. The molecular weight excluding hydrogens is 336 g/mol. The number of carbonyl (C=O) groups excluding carboxylic acids is 1. The number of carbonyl (C=O) groups is 1. The highest BCUT2D eigenvalue weighted by Crippen LogP contribution is 2.35. The van der Waals surface area contributed by atoms with Crippen molar-refractivity contribution in [3.05, 3.63) is 22.2 Å². The summed E-state index contributed by atoms with van der Waals surface area (Å²) in [4.78, 5) is 11.9. The zero-order valence-electron chi connectivity index (χ0n) is 10.3. The lowest BCUT2D eigenvalue weighted by molar-refractivity contribution is 0.102. The molecule has 2 rings (SSSR count). The van der Waals surface area contributed by atoms with Crippen molar-refractivity contribution in [2.75, 3.05) is 25.2 Å². The van der Waals surface area contributed by atoms with Gasteiger partial charge in [-0.05, 0) is 28.1 Å². The first-order valence-corrected chi connectivity index (χ1v) is 8.52. The molecule has 0 saturated carbocycles. The lowest BCUT2D eigenvalue weighted by Gasteiger charge is -2.10. The average molecular weight is 349 g/mol. The third-order valence-corrected chi connectivity index (χ3v) is 3.97. The van der Waals surface area contributed by atoms with Crippen LogP contribution in [0.2, 0.25) is 0 Å². The molecule has 1 aliphatic heterocycles. The van der Waals surface area contributed by atoms with Gasteiger partial charge in [0.15, 0.2) is 27.1 Å². The van der Waals surface area contributed by atoms with Crippen LogP contribution in [-0.4, -0.2) is 39.4 Å². The molecule has 0 amide bonds. The molecule has 0 spiro atoms. The number of ether oxygens (including phenoxy) is 2. The van der Waals surface area contributed by atoms with Crippen molar-refractivity contribution in [1.29, 1.82) is 0 Å². The Morgan fingerprint density at radius 2 is 1.84 bits per heavy atom. The Bertz CT molecular complexity index is 609. The van der Waals surface area contributed by atoms with E-state index in [4.69, 9.17) is 9.47 Å². The standard InChI is InChI=1S/C12H13BrO5S/c1-19(15,16)7-10(14)8-5-11-12(6-9(8)13)18-4-2-3-17-11/h5-6H,2-4,7H2,1H3. The highest BCUT2D eigenvalue weighted by Gasteiger charge is 2.20. The van der Waals surface area contributed by atoms with Gasteiger partial charge in [0, 0.05) is 22.7 Å². The summed E-state index contributed by atoms with van der Waals surface area (Å²) in [5.74, 6) is 0.0356. The van der Waals surface area contributed by atoms with Gasteiger partial charge in [-0.3, -0.25) is 4.79 Å². The zero-order valence-corrected chi connectivity index (χ0v) is 12.7. The fourth-order valence-corrected chi connectivity index (χ4v) is 2.89. The summed E-state index contributed by atoms with van der Waals surface area (Å²) < 4.78 is 33.8. The molecule has 0 unspecified atom stereocenters. The summed E-state index contributed by atoms with van der Waals surface area (Å²) in [5.41, 5.74) is 0.287. The van der Waals surface area contributed by atoms with Crippen molar-refractivity contribution in [3.8, 4) is 11.5 Å². The minimum Gasteiger partial charge on any atom is -0.490 e. The van der Waals surface area contributed by atoms with Gasteiger partial charge in [-0.1, -0.05) is 0 Å². The maximum absolute atomic E-state index is 11.9. The largest absolute Gasteiger partial charge is 0.490 e. The number of Topliss-reactive ketones (excluding diaryl/α,β-unsaturated/α-hetero) is 1.